The van der Waals surface area contributed by atoms with Gasteiger partial charge in [-0.25, -0.2) is 0 Å². The number of pyridine rings is 1. The van der Waals surface area contributed by atoms with Crippen molar-refractivity contribution in [2.45, 2.75) is 25.8 Å². The zero-order valence-electron chi connectivity index (χ0n) is 11.0. The Labute approximate surface area is 117 Å². The van der Waals surface area contributed by atoms with Gasteiger partial charge in [-0.05, 0) is 25.0 Å². The van der Waals surface area contributed by atoms with Crippen LogP contribution in [0.4, 0.5) is 5.69 Å². The van der Waals surface area contributed by atoms with Crippen molar-refractivity contribution in [2.24, 2.45) is 4.99 Å². The van der Waals surface area contributed by atoms with E-state index in [4.69, 9.17) is 4.99 Å². The number of para-hydroxylation sites is 1. The fourth-order valence-corrected chi connectivity index (χ4v) is 3.23. The molecule has 1 unspecified atom stereocenters. The molecule has 19 heavy (non-hydrogen) atoms. The van der Waals surface area contributed by atoms with Crippen LogP contribution >= 0.6 is 11.8 Å². The van der Waals surface area contributed by atoms with Gasteiger partial charge in [0, 0.05) is 17.3 Å². The summed E-state index contributed by atoms with van der Waals surface area (Å²) >= 11 is 1.80. The average molecular weight is 271 g/mol. The highest BCUT2D eigenvalue weighted by Crippen LogP contribution is 2.25. The molecule has 0 bridgehead atoms. The summed E-state index contributed by atoms with van der Waals surface area (Å²) in [4.78, 5) is 9.20. The van der Waals surface area contributed by atoms with E-state index in [0.717, 1.165) is 33.9 Å². The summed E-state index contributed by atoms with van der Waals surface area (Å²) in [5, 5.41) is 5.62. The maximum absolute atomic E-state index is 4.74. The first kappa shape index (κ1) is 12.5. The van der Waals surface area contributed by atoms with Crippen molar-refractivity contribution < 1.29 is 0 Å². The highest BCUT2D eigenvalue weighted by atomic mass is 32.2. The van der Waals surface area contributed by atoms with Gasteiger partial charge < -0.3 is 5.32 Å². The smallest absolute Gasteiger partial charge is 0.161 e. The third-order valence-electron chi connectivity index (χ3n) is 3.34. The minimum Gasteiger partial charge on any atom is -0.333 e. The van der Waals surface area contributed by atoms with Crippen LogP contribution in [-0.4, -0.2) is 21.9 Å². The van der Waals surface area contributed by atoms with E-state index in [-0.39, 0.29) is 0 Å². The highest BCUT2D eigenvalue weighted by molar-refractivity contribution is 8.14. The van der Waals surface area contributed by atoms with E-state index >= 15 is 0 Å². The molecule has 0 fully saturated rings. The lowest BCUT2D eigenvalue weighted by molar-refractivity contribution is 0.634. The SMILES string of the molecule is CCC1CCSC(Nc2cccc3cccnc23)=N1. The predicted octanol–water partition coefficient (Wildman–Crippen LogP) is 3.92. The molecule has 1 aliphatic rings. The molecule has 0 amide bonds. The Hall–Kier alpha value is -1.55. The van der Waals surface area contributed by atoms with Crippen molar-refractivity contribution in [3.05, 3.63) is 36.5 Å². The lowest BCUT2D eigenvalue weighted by Gasteiger charge is -2.19. The molecule has 0 saturated heterocycles. The van der Waals surface area contributed by atoms with Crippen LogP contribution in [0.25, 0.3) is 10.9 Å². The van der Waals surface area contributed by atoms with Crippen LogP contribution in [-0.2, 0) is 0 Å². The van der Waals surface area contributed by atoms with Crippen molar-refractivity contribution in [1.29, 1.82) is 0 Å². The van der Waals surface area contributed by atoms with E-state index in [1.165, 1.54) is 6.42 Å². The zero-order valence-corrected chi connectivity index (χ0v) is 11.8. The van der Waals surface area contributed by atoms with Gasteiger partial charge in [-0.2, -0.15) is 0 Å². The van der Waals surface area contributed by atoms with Gasteiger partial charge in [0.1, 0.15) is 0 Å². The molecule has 0 saturated carbocycles. The molecule has 1 aromatic carbocycles. The summed E-state index contributed by atoms with van der Waals surface area (Å²) in [6.45, 7) is 2.20. The standard InChI is InChI=1S/C15H17N3S/c1-2-12-8-10-19-15(17-12)18-13-7-3-5-11-6-4-9-16-14(11)13/h3-7,9,12H,2,8,10H2,1H3,(H,17,18). The fraction of sp³-hybridized carbons (Fsp3) is 0.333. The molecule has 0 radical (unpaired) electrons. The molecule has 1 aromatic heterocycles. The number of thioether (sulfide) groups is 1. The Morgan fingerprint density at radius 2 is 2.21 bits per heavy atom. The number of aliphatic imine (C=N–C) groups is 1. The lowest BCUT2D eigenvalue weighted by Crippen LogP contribution is -2.19. The first-order valence-electron chi connectivity index (χ1n) is 6.68. The molecule has 0 aliphatic carbocycles. The summed E-state index contributed by atoms with van der Waals surface area (Å²) in [5.74, 6) is 1.14. The van der Waals surface area contributed by atoms with Crippen LogP contribution in [0, 0.1) is 0 Å². The summed E-state index contributed by atoms with van der Waals surface area (Å²) in [6.07, 6.45) is 4.12. The fourth-order valence-electron chi connectivity index (χ4n) is 2.24. The van der Waals surface area contributed by atoms with Crippen molar-refractivity contribution in [1.82, 2.24) is 4.98 Å². The molecule has 3 nitrogen and oxygen atoms in total. The van der Waals surface area contributed by atoms with E-state index in [1.807, 2.05) is 12.3 Å². The number of anilines is 1. The van der Waals surface area contributed by atoms with Crippen LogP contribution in [0.15, 0.2) is 41.5 Å². The quantitative estimate of drug-likeness (QED) is 0.899. The second kappa shape index (κ2) is 5.61. The average Bonchev–Trinajstić information content (AvgIpc) is 2.48. The van der Waals surface area contributed by atoms with Gasteiger partial charge in [0.25, 0.3) is 0 Å². The second-order valence-corrected chi connectivity index (χ2v) is 5.72. The number of fused-ring (bicyclic) bond motifs is 1. The van der Waals surface area contributed by atoms with Crippen LogP contribution in [0.2, 0.25) is 0 Å². The summed E-state index contributed by atoms with van der Waals surface area (Å²) in [7, 11) is 0. The number of hydrogen-bond acceptors (Lipinski definition) is 4. The van der Waals surface area contributed by atoms with Gasteiger partial charge in [-0.3, -0.25) is 9.98 Å². The number of rotatable bonds is 2. The van der Waals surface area contributed by atoms with Crippen LogP contribution in [0.1, 0.15) is 19.8 Å². The van der Waals surface area contributed by atoms with Crippen LogP contribution in [0.5, 0.6) is 0 Å². The van der Waals surface area contributed by atoms with Crippen LogP contribution < -0.4 is 5.32 Å². The molecule has 2 heterocycles. The first-order valence-corrected chi connectivity index (χ1v) is 7.66. The highest BCUT2D eigenvalue weighted by Gasteiger charge is 2.14. The van der Waals surface area contributed by atoms with E-state index in [1.54, 1.807) is 11.8 Å². The maximum atomic E-state index is 4.74. The van der Waals surface area contributed by atoms with Gasteiger partial charge in [0.15, 0.2) is 5.17 Å². The monoisotopic (exact) mass is 271 g/mol. The molecule has 98 valence electrons. The number of amidine groups is 1. The molecule has 3 rings (SSSR count). The van der Waals surface area contributed by atoms with Gasteiger partial charge >= 0.3 is 0 Å². The molecule has 1 N–H and O–H groups in total. The minimum atomic E-state index is 0.465. The van der Waals surface area contributed by atoms with Gasteiger partial charge in [0.2, 0.25) is 0 Å². The Morgan fingerprint density at radius 3 is 3.11 bits per heavy atom. The predicted molar refractivity (Wildman–Crippen MR) is 84.0 cm³/mol. The van der Waals surface area contributed by atoms with Crippen molar-refractivity contribution in [3.63, 3.8) is 0 Å². The normalized spacial score (nSPS) is 19.2. The Kier molecular flexibility index (Phi) is 3.69. The molecule has 4 heteroatoms. The number of nitrogens with one attached hydrogen (secondary N) is 1. The summed E-state index contributed by atoms with van der Waals surface area (Å²) < 4.78 is 0. The number of hydrogen-bond donors (Lipinski definition) is 1. The van der Waals surface area contributed by atoms with Gasteiger partial charge in [0.05, 0.1) is 17.2 Å². The Bertz CT molecular complexity index is 604. The number of nitrogens with zero attached hydrogens (tertiary/aromatic N) is 2. The molecule has 2 aromatic rings. The first-order chi connectivity index (χ1) is 9.36. The molecule has 1 aliphatic heterocycles. The maximum Gasteiger partial charge on any atom is 0.161 e. The third kappa shape index (κ3) is 2.73. The zero-order chi connectivity index (χ0) is 13.1. The third-order valence-corrected chi connectivity index (χ3v) is 4.26. The van der Waals surface area contributed by atoms with E-state index in [2.05, 4.69) is 41.5 Å². The Morgan fingerprint density at radius 1 is 1.32 bits per heavy atom. The van der Waals surface area contributed by atoms with Crippen LogP contribution in [0.3, 0.4) is 0 Å². The van der Waals surface area contributed by atoms with E-state index in [9.17, 15) is 0 Å². The molecular formula is C15H17N3S. The topological polar surface area (TPSA) is 37.3 Å². The van der Waals surface area contributed by atoms with E-state index < -0.39 is 0 Å². The van der Waals surface area contributed by atoms with Crippen molar-refractivity contribution in [2.75, 3.05) is 11.1 Å². The van der Waals surface area contributed by atoms with Crippen molar-refractivity contribution >= 4 is 33.5 Å². The van der Waals surface area contributed by atoms with Gasteiger partial charge in [-0.1, -0.05) is 36.9 Å². The molecule has 0 spiro atoms. The second-order valence-electron chi connectivity index (χ2n) is 4.64. The van der Waals surface area contributed by atoms with Crippen molar-refractivity contribution in [3.8, 4) is 0 Å². The molecular weight excluding hydrogens is 254 g/mol. The largest absolute Gasteiger partial charge is 0.333 e. The van der Waals surface area contributed by atoms with Gasteiger partial charge in [-0.15, -0.1) is 0 Å². The summed E-state index contributed by atoms with van der Waals surface area (Å²) in [6, 6.07) is 10.7. The molecule has 1 atom stereocenters. The summed E-state index contributed by atoms with van der Waals surface area (Å²) in [5.41, 5.74) is 2.05. The van der Waals surface area contributed by atoms with E-state index in [0.29, 0.717) is 6.04 Å². The minimum absolute atomic E-state index is 0.465. The number of benzene rings is 1. The Balaban J connectivity index is 1.91. The lowest BCUT2D eigenvalue weighted by atomic mass is 10.2. The number of aromatic nitrogens is 1.